The number of carbonyl (C=O) groups excluding carboxylic acids is 1. The molecule has 0 bridgehead atoms. The molecule has 1 aliphatic heterocycles. The third kappa shape index (κ3) is 3.24. The van der Waals surface area contributed by atoms with E-state index in [4.69, 9.17) is 16.7 Å². The van der Waals surface area contributed by atoms with Crippen molar-refractivity contribution in [2.75, 3.05) is 13.1 Å². The summed E-state index contributed by atoms with van der Waals surface area (Å²) in [5.74, 6) is -1.34. The van der Waals surface area contributed by atoms with Crippen LogP contribution in [0.15, 0.2) is 12.1 Å². The second kappa shape index (κ2) is 6.01. The zero-order valence-corrected chi connectivity index (χ0v) is 12.9. The first-order valence-electron chi connectivity index (χ1n) is 6.42. The zero-order valence-electron chi connectivity index (χ0n) is 11.3. The summed E-state index contributed by atoms with van der Waals surface area (Å²) in [6, 6.07) is 3.31. The molecule has 0 aliphatic carbocycles. The van der Waals surface area contributed by atoms with Gasteiger partial charge in [0.1, 0.15) is 0 Å². The molecule has 2 N–H and O–H groups in total. The van der Waals surface area contributed by atoms with Crippen LogP contribution in [0.5, 0.6) is 0 Å². The van der Waals surface area contributed by atoms with Gasteiger partial charge in [-0.15, -0.1) is 11.3 Å². The topological polar surface area (TPSA) is 69.6 Å². The predicted octanol–water partition coefficient (Wildman–Crippen LogP) is 2.82. The van der Waals surface area contributed by atoms with E-state index in [1.807, 2.05) is 19.9 Å². The number of carboxylic acids is 1. The lowest BCUT2D eigenvalue weighted by Gasteiger charge is -2.20. The molecule has 3 atom stereocenters. The lowest BCUT2D eigenvalue weighted by Crippen LogP contribution is -2.40. The van der Waals surface area contributed by atoms with Gasteiger partial charge in [-0.25, -0.2) is 4.79 Å². The molecule has 1 unspecified atom stereocenters. The van der Waals surface area contributed by atoms with E-state index < -0.39 is 11.9 Å². The molecule has 110 valence electrons. The average molecular weight is 317 g/mol. The molecule has 1 aromatic heterocycles. The third-order valence-electron chi connectivity index (χ3n) is 3.58. The summed E-state index contributed by atoms with van der Waals surface area (Å²) in [5, 5.41) is 12.0. The number of amides is 2. The molecular formula is C13H17ClN2O3S. The number of urea groups is 1. The highest BCUT2D eigenvalue weighted by Crippen LogP contribution is 2.27. The van der Waals surface area contributed by atoms with Gasteiger partial charge >= 0.3 is 12.0 Å². The van der Waals surface area contributed by atoms with E-state index in [-0.39, 0.29) is 24.5 Å². The molecule has 20 heavy (non-hydrogen) atoms. The molecule has 5 nitrogen and oxygen atoms in total. The Bertz CT molecular complexity index is 519. The van der Waals surface area contributed by atoms with Crippen LogP contribution in [-0.2, 0) is 4.79 Å². The van der Waals surface area contributed by atoms with E-state index in [2.05, 4.69) is 5.32 Å². The van der Waals surface area contributed by atoms with Crippen molar-refractivity contribution in [1.82, 2.24) is 10.2 Å². The number of rotatable bonds is 3. The van der Waals surface area contributed by atoms with Gasteiger partial charge in [-0.1, -0.05) is 18.5 Å². The molecule has 1 aliphatic rings. The Morgan fingerprint density at radius 2 is 2.20 bits per heavy atom. The summed E-state index contributed by atoms with van der Waals surface area (Å²) in [6.07, 6.45) is 0. The predicted molar refractivity (Wildman–Crippen MR) is 78.1 cm³/mol. The van der Waals surface area contributed by atoms with Crippen molar-refractivity contribution in [2.24, 2.45) is 11.8 Å². The average Bonchev–Trinajstić information content (AvgIpc) is 2.95. The molecule has 7 heteroatoms. The molecule has 1 saturated heterocycles. The Kier molecular flexibility index (Phi) is 4.55. The molecule has 2 rings (SSSR count). The van der Waals surface area contributed by atoms with Gasteiger partial charge in [0.15, 0.2) is 0 Å². The van der Waals surface area contributed by atoms with Crippen molar-refractivity contribution in [2.45, 2.75) is 19.9 Å². The Morgan fingerprint density at radius 3 is 2.70 bits per heavy atom. The van der Waals surface area contributed by atoms with E-state index in [1.165, 1.54) is 11.3 Å². The molecule has 1 fully saturated rings. The minimum atomic E-state index is -0.842. The van der Waals surface area contributed by atoms with Crippen LogP contribution in [0.3, 0.4) is 0 Å². The minimum absolute atomic E-state index is 0.0234. The van der Waals surface area contributed by atoms with Crippen LogP contribution in [0.2, 0.25) is 4.34 Å². The number of hydrogen-bond donors (Lipinski definition) is 2. The maximum Gasteiger partial charge on any atom is 0.317 e. The standard InChI is InChI=1S/C13H17ClN2O3S/c1-7-5-16(6-9(7)12(17)18)13(19)15-8(2)10-3-4-11(14)20-10/h3-4,7-9H,5-6H2,1-2H3,(H,15,19)(H,17,18)/t7-,8?,9-/m1/s1. The number of hydrogen-bond acceptors (Lipinski definition) is 3. The SMILES string of the molecule is CC(NC(=O)N1C[C@@H](C)[C@H](C(=O)O)C1)c1ccc(Cl)s1. The molecule has 1 aromatic rings. The number of nitrogens with one attached hydrogen (secondary N) is 1. The van der Waals surface area contributed by atoms with Crippen LogP contribution >= 0.6 is 22.9 Å². The lowest BCUT2D eigenvalue weighted by atomic mass is 9.99. The fraction of sp³-hybridized carbons (Fsp3) is 0.538. The van der Waals surface area contributed by atoms with Crippen molar-refractivity contribution < 1.29 is 14.7 Å². The van der Waals surface area contributed by atoms with Gasteiger partial charge in [-0.3, -0.25) is 4.79 Å². The van der Waals surface area contributed by atoms with E-state index in [1.54, 1.807) is 11.0 Å². The highest BCUT2D eigenvalue weighted by atomic mass is 35.5. The third-order valence-corrected chi connectivity index (χ3v) is 4.99. The Morgan fingerprint density at radius 1 is 1.50 bits per heavy atom. The van der Waals surface area contributed by atoms with Crippen molar-refractivity contribution in [3.8, 4) is 0 Å². The number of halogens is 1. The number of aliphatic carboxylic acids is 1. The number of thiophene rings is 1. The van der Waals surface area contributed by atoms with Gasteiger partial charge in [0, 0.05) is 18.0 Å². The van der Waals surface area contributed by atoms with Gasteiger partial charge in [-0.05, 0) is 25.0 Å². The molecule has 0 radical (unpaired) electrons. The molecule has 0 saturated carbocycles. The summed E-state index contributed by atoms with van der Waals surface area (Å²) in [6.45, 7) is 4.48. The van der Waals surface area contributed by atoms with Crippen molar-refractivity contribution >= 4 is 34.9 Å². The van der Waals surface area contributed by atoms with E-state index >= 15 is 0 Å². The smallest absolute Gasteiger partial charge is 0.317 e. The van der Waals surface area contributed by atoms with Crippen molar-refractivity contribution in [1.29, 1.82) is 0 Å². The van der Waals surface area contributed by atoms with Crippen LogP contribution < -0.4 is 5.32 Å². The second-order valence-electron chi connectivity index (χ2n) is 5.14. The van der Waals surface area contributed by atoms with Gasteiger partial charge in [0.05, 0.1) is 16.3 Å². The number of carboxylic acid groups (broad SMARTS) is 1. The normalized spacial score (nSPS) is 23.6. The van der Waals surface area contributed by atoms with Crippen LogP contribution in [0.4, 0.5) is 4.79 Å². The fourth-order valence-electron chi connectivity index (χ4n) is 2.36. The Balaban J connectivity index is 1.94. The molecule has 2 heterocycles. The lowest BCUT2D eigenvalue weighted by molar-refractivity contribution is -0.142. The summed E-state index contributed by atoms with van der Waals surface area (Å²) in [4.78, 5) is 25.7. The fourth-order valence-corrected chi connectivity index (χ4v) is 3.43. The highest BCUT2D eigenvalue weighted by Gasteiger charge is 2.37. The van der Waals surface area contributed by atoms with Crippen molar-refractivity contribution in [3.63, 3.8) is 0 Å². The van der Waals surface area contributed by atoms with Gasteiger partial charge in [-0.2, -0.15) is 0 Å². The summed E-state index contributed by atoms with van der Waals surface area (Å²) in [5.41, 5.74) is 0. The maximum absolute atomic E-state index is 12.1. The first kappa shape index (κ1) is 15.1. The quantitative estimate of drug-likeness (QED) is 0.901. The van der Waals surface area contributed by atoms with Crippen molar-refractivity contribution in [3.05, 3.63) is 21.3 Å². The van der Waals surface area contributed by atoms with E-state index in [0.29, 0.717) is 10.9 Å². The first-order valence-corrected chi connectivity index (χ1v) is 7.61. The van der Waals surface area contributed by atoms with Gasteiger partial charge in [0.2, 0.25) is 0 Å². The molecule has 2 amide bonds. The monoisotopic (exact) mass is 316 g/mol. The Labute approximate surface area is 126 Å². The number of carbonyl (C=O) groups is 2. The summed E-state index contributed by atoms with van der Waals surface area (Å²) >= 11 is 7.30. The highest BCUT2D eigenvalue weighted by molar-refractivity contribution is 7.16. The molecule has 0 spiro atoms. The largest absolute Gasteiger partial charge is 0.481 e. The van der Waals surface area contributed by atoms with Crippen LogP contribution in [-0.4, -0.2) is 35.1 Å². The van der Waals surface area contributed by atoms with E-state index in [0.717, 1.165) is 4.88 Å². The van der Waals surface area contributed by atoms with E-state index in [9.17, 15) is 9.59 Å². The number of nitrogens with zero attached hydrogens (tertiary/aromatic N) is 1. The minimum Gasteiger partial charge on any atom is -0.481 e. The van der Waals surface area contributed by atoms with Gasteiger partial charge < -0.3 is 15.3 Å². The van der Waals surface area contributed by atoms with Crippen LogP contribution in [0.1, 0.15) is 24.8 Å². The van der Waals surface area contributed by atoms with Crippen LogP contribution in [0, 0.1) is 11.8 Å². The summed E-state index contributed by atoms with van der Waals surface area (Å²) in [7, 11) is 0. The maximum atomic E-state index is 12.1. The molecule has 0 aromatic carbocycles. The zero-order chi connectivity index (χ0) is 14.9. The molecular weight excluding hydrogens is 300 g/mol. The Hall–Kier alpha value is -1.27. The van der Waals surface area contributed by atoms with Gasteiger partial charge in [0.25, 0.3) is 0 Å². The van der Waals surface area contributed by atoms with Crippen LogP contribution in [0.25, 0.3) is 0 Å². The number of likely N-dealkylation sites (tertiary alicyclic amines) is 1. The summed E-state index contributed by atoms with van der Waals surface area (Å²) < 4.78 is 0.682. The first-order chi connectivity index (χ1) is 9.38. The second-order valence-corrected chi connectivity index (χ2v) is 6.89.